The molecule has 3 rings (SSSR count). The van der Waals surface area contributed by atoms with Gasteiger partial charge in [0.1, 0.15) is 6.33 Å². The van der Waals surface area contributed by atoms with E-state index in [0.29, 0.717) is 11.6 Å². The van der Waals surface area contributed by atoms with E-state index >= 15 is 0 Å². The second kappa shape index (κ2) is 7.47. The molecule has 1 aromatic carbocycles. The number of carbonyl (C=O) groups is 2. The van der Waals surface area contributed by atoms with E-state index in [4.69, 9.17) is 5.11 Å². The van der Waals surface area contributed by atoms with Crippen LogP contribution in [0.1, 0.15) is 43.2 Å². The van der Waals surface area contributed by atoms with Crippen molar-refractivity contribution in [2.75, 3.05) is 13.1 Å². The normalized spacial score (nSPS) is 17.1. The number of hydrogen-bond acceptors (Lipinski definition) is 4. The van der Waals surface area contributed by atoms with Crippen molar-refractivity contribution in [2.24, 2.45) is 11.3 Å². The van der Waals surface area contributed by atoms with Gasteiger partial charge in [0.25, 0.3) is 0 Å². The van der Waals surface area contributed by atoms with Gasteiger partial charge in [-0.1, -0.05) is 32.9 Å². The number of carboxylic acids is 1. The summed E-state index contributed by atoms with van der Waals surface area (Å²) in [4.78, 5) is 34.2. The van der Waals surface area contributed by atoms with E-state index in [1.54, 1.807) is 18.2 Å². The first kappa shape index (κ1) is 19.0. The molecule has 6 heteroatoms. The molecule has 27 heavy (non-hydrogen) atoms. The van der Waals surface area contributed by atoms with Crippen molar-refractivity contribution in [3.8, 4) is 11.3 Å². The van der Waals surface area contributed by atoms with Crippen LogP contribution in [-0.4, -0.2) is 44.9 Å². The van der Waals surface area contributed by atoms with Gasteiger partial charge in [-0.05, 0) is 37.0 Å². The summed E-state index contributed by atoms with van der Waals surface area (Å²) in [6, 6.07) is 8.65. The molecule has 0 saturated carbocycles. The Labute approximate surface area is 159 Å². The maximum absolute atomic E-state index is 12.4. The lowest BCUT2D eigenvalue weighted by Gasteiger charge is -2.25. The van der Waals surface area contributed by atoms with Crippen LogP contribution in [0.5, 0.6) is 0 Å². The van der Waals surface area contributed by atoms with Crippen LogP contribution < -0.4 is 0 Å². The zero-order chi connectivity index (χ0) is 19.6. The van der Waals surface area contributed by atoms with Gasteiger partial charge in [0.15, 0.2) is 0 Å². The second-order valence-electron chi connectivity index (χ2n) is 8.14. The summed E-state index contributed by atoms with van der Waals surface area (Å²) in [7, 11) is 0. The van der Waals surface area contributed by atoms with Crippen LogP contribution in [0.25, 0.3) is 11.3 Å². The lowest BCUT2D eigenvalue weighted by atomic mass is 9.95. The van der Waals surface area contributed by atoms with Crippen molar-refractivity contribution in [1.29, 1.82) is 0 Å². The molecule has 1 fully saturated rings. The van der Waals surface area contributed by atoms with E-state index in [2.05, 4.69) is 9.97 Å². The molecular formula is C21H25N3O3. The van der Waals surface area contributed by atoms with Gasteiger partial charge < -0.3 is 10.0 Å². The maximum atomic E-state index is 12.4. The zero-order valence-electron chi connectivity index (χ0n) is 16.0. The number of nitrogens with zero attached hydrogens (tertiary/aromatic N) is 3. The number of aromatic nitrogens is 2. The van der Waals surface area contributed by atoms with Crippen LogP contribution in [0.3, 0.4) is 0 Å². The van der Waals surface area contributed by atoms with Crippen LogP contribution in [0.4, 0.5) is 0 Å². The van der Waals surface area contributed by atoms with Gasteiger partial charge in [-0.2, -0.15) is 0 Å². The van der Waals surface area contributed by atoms with Crippen molar-refractivity contribution in [3.05, 3.63) is 47.9 Å². The fourth-order valence-corrected chi connectivity index (χ4v) is 3.43. The molecule has 0 spiro atoms. The second-order valence-corrected chi connectivity index (χ2v) is 8.14. The van der Waals surface area contributed by atoms with Crippen molar-refractivity contribution < 1.29 is 14.7 Å². The fraction of sp³-hybridized carbons (Fsp3) is 0.429. The molecule has 0 radical (unpaired) electrons. The largest absolute Gasteiger partial charge is 0.478 e. The van der Waals surface area contributed by atoms with Crippen molar-refractivity contribution in [2.45, 2.75) is 33.6 Å². The number of carboxylic acid groups (broad SMARTS) is 1. The Morgan fingerprint density at radius 3 is 2.70 bits per heavy atom. The lowest BCUT2D eigenvalue weighted by Crippen LogP contribution is -2.38. The van der Waals surface area contributed by atoms with E-state index < -0.39 is 5.97 Å². The smallest absolute Gasteiger partial charge is 0.335 e. The molecule has 1 aromatic heterocycles. The van der Waals surface area contributed by atoms with Crippen LogP contribution in [0, 0.1) is 11.3 Å². The number of likely N-dealkylation sites (tertiary alicyclic amines) is 1. The van der Waals surface area contributed by atoms with E-state index in [0.717, 1.165) is 37.2 Å². The topological polar surface area (TPSA) is 83.4 Å². The Bertz CT molecular complexity index is 858. The number of aromatic carboxylic acids is 1. The summed E-state index contributed by atoms with van der Waals surface area (Å²) >= 11 is 0. The highest BCUT2D eigenvalue weighted by Crippen LogP contribution is 2.26. The molecule has 6 nitrogen and oxygen atoms in total. The molecule has 1 atom stereocenters. The molecule has 1 amide bonds. The van der Waals surface area contributed by atoms with Gasteiger partial charge in [0.2, 0.25) is 5.91 Å². The van der Waals surface area contributed by atoms with Gasteiger partial charge in [-0.3, -0.25) is 4.79 Å². The summed E-state index contributed by atoms with van der Waals surface area (Å²) in [5.41, 5.74) is 2.26. The minimum absolute atomic E-state index is 0.193. The third-order valence-corrected chi connectivity index (χ3v) is 4.84. The minimum Gasteiger partial charge on any atom is -0.478 e. The standard InChI is InChI=1S/C21H25N3O3/c1-21(2,3)20(27)24-8-7-14(12-24)9-17-11-18(23-13-22-17)15-5-4-6-16(10-15)19(25)26/h4-6,10-11,13-14H,7-9,12H2,1-3H3,(H,25,26)/t14-/m0/s1. The lowest BCUT2D eigenvalue weighted by molar-refractivity contribution is -0.138. The SMILES string of the molecule is CC(C)(C)C(=O)N1CC[C@@H](Cc2cc(-c3cccc(C(=O)O)c3)ncn2)C1. The first-order chi connectivity index (χ1) is 12.7. The van der Waals surface area contributed by atoms with Gasteiger partial charge in [-0.15, -0.1) is 0 Å². The summed E-state index contributed by atoms with van der Waals surface area (Å²) in [6.45, 7) is 7.39. The first-order valence-electron chi connectivity index (χ1n) is 9.18. The van der Waals surface area contributed by atoms with Gasteiger partial charge in [0, 0.05) is 29.8 Å². The summed E-state index contributed by atoms with van der Waals surface area (Å²) < 4.78 is 0. The molecule has 0 bridgehead atoms. The van der Waals surface area contributed by atoms with Crippen molar-refractivity contribution >= 4 is 11.9 Å². The molecule has 0 aliphatic carbocycles. The number of carbonyl (C=O) groups excluding carboxylic acids is 1. The molecule has 0 unspecified atom stereocenters. The first-order valence-corrected chi connectivity index (χ1v) is 9.18. The Hall–Kier alpha value is -2.76. The summed E-state index contributed by atoms with van der Waals surface area (Å²) in [5, 5.41) is 9.16. The average molecular weight is 367 g/mol. The van der Waals surface area contributed by atoms with Gasteiger partial charge in [-0.25, -0.2) is 14.8 Å². The molecule has 142 valence electrons. The molecular weight excluding hydrogens is 342 g/mol. The molecule has 2 aromatic rings. The highest BCUT2D eigenvalue weighted by molar-refractivity contribution is 5.89. The Morgan fingerprint density at radius 1 is 1.22 bits per heavy atom. The predicted molar refractivity (Wildman–Crippen MR) is 102 cm³/mol. The minimum atomic E-state index is -0.958. The Kier molecular flexibility index (Phi) is 5.26. The van der Waals surface area contributed by atoms with Crippen LogP contribution in [0.15, 0.2) is 36.7 Å². The molecule has 1 saturated heterocycles. The van der Waals surface area contributed by atoms with E-state index in [-0.39, 0.29) is 16.9 Å². The number of hydrogen-bond donors (Lipinski definition) is 1. The molecule has 1 N–H and O–H groups in total. The average Bonchev–Trinajstić information content (AvgIpc) is 3.09. The highest BCUT2D eigenvalue weighted by Gasteiger charge is 2.32. The van der Waals surface area contributed by atoms with E-state index in [9.17, 15) is 9.59 Å². The van der Waals surface area contributed by atoms with Crippen molar-refractivity contribution in [1.82, 2.24) is 14.9 Å². The maximum Gasteiger partial charge on any atom is 0.335 e. The number of benzene rings is 1. The number of amides is 1. The third-order valence-electron chi connectivity index (χ3n) is 4.84. The molecule has 1 aliphatic rings. The summed E-state index contributed by atoms with van der Waals surface area (Å²) in [5.74, 6) is -0.385. The zero-order valence-corrected chi connectivity index (χ0v) is 16.0. The monoisotopic (exact) mass is 367 g/mol. The van der Waals surface area contributed by atoms with E-state index in [1.807, 2.05) is 37.8 Å². The Balaban J connectivity index is 1.71. The van der Waals surface area contributed by atoms with Crippen LogP contribution in [-0.2, 0) is 11.2 Å². The van der Waals surface area contributed by atoms with Crippen molar-refractivity contribution in [3.63, 3.8) is 0 Å². The highest BCUT2D eigenvalue weighted by atomic mass is 16.4. The van der Waals surface area contributed by atoms with Crippen LogP contribution in [0.2, 0.25) is 0 Å². The summed E-state index contributed by atoms with van der Waals surface area (Å²) in [6.07, 6.45) is 3.27. The van der Waals surface area contributed by atoms with Gasteiger partial charge in [0.05, 0.1) is 11.3 Å². The fourth-order valence-electron chi connectivity index (χ4n) is 3.43. The van der Waals surface area contributed by atoms with Crippen LogP contribution >= 0.6 is 0 Å². The Morgan fingerprint density at radius 2 is 2.00 bits per heavy atom. The number of rotatable bonds is 4. The third kappa shape index (κ3) is 4.51. The molecule has 1 aliphatic heterocycles. The molecule has 2 heterocycles. The predicted octanol–water partition coefficient (Wildman–Crippen LogP) is 3.28. The quantitative estimate of drug-likeness (QED) is 0.897. The van der Waals surface area contributed by atoms with Gasteiger partial charge >= 0.3 is 5.97 Å². The van der Waals surface area contributed by atoms with E-state index in [1.165, 1.54) is 6.33 Å².